The summed E-state index contributed by atoms with van der Waals surface area (Å²) in [5.74, 6) is 0.0276. The van der Waals surface area contributed by atoms with Gasteiger partial charge in [0.15, 0.2) is 5.16 Å². The molecule has 1 amide bonds. The predicted octanol–water partition coefficient (Wildman–Crippen LogP) is 3.89. The van der Waals surface area contributed by atoms with Gasteiger partial charge in [0.25, 0.3) is 5.56 Å². The lowest BCUT2D eigenvalue weighted by molar-refractivity contribution is -0.118. The Balaban J connectivity index is 1.70. The normalized spacial score (nSPS) is 11.0. The number of fused-ring (bicyclic) bond motifs is 1. The van der Waals surface area contributed by atoms with Gasteiger partial charge in [0.2, 0.25) is 5.91 Å². The Morgan fingerprint density at radius 2 is 2.07 bits per heavy atom. The average molecular weight is 446 g/mol. The average Bonchev–Trinajstić information content (AvgIpc) is 2.75. The molecule has 3 rings (SSSR count). The van der Waals surface area contributed by atoms with Gasteiger partial charge in [-0.2, -0.15) is 0 Å². The lowest BCUT2D eigenvalue weighted by Crippen LogP contribution is -2.27. The van der Waals surface area contributed by atoms with Crippen LogP contribution in [0.2, 0.25) is 5.02 Å². The molecule has 0 aliphatic heterocycles. The van der Waals surface area contributed by atoms with Gasteiger partial charge in [-0.25, -0.2) is 4.98 Å². The molecule has 6 nitrogen and oxygen atoms in total. The largest absolute Gasteiger partial charge is 0.382 e. The standard InChI is InChI=1S/C22H24ClN3O3S/c1-2-29-12-6-11-26-21(28)18-9-3-4-10-19(18)25-22(26)30-15-20(27)24-14-16-7-5-8-17(23)13-16/h3-5,7-10,13H,2,6,11-12,14-15H2,1H3,(H,24,27). The minimum Gasteiger partial charge on any atom is -0.382 e. The maximum Gasteiger partial charge on any atom is 0.262 e. The maximum atomic E-state index is 13.0. The second-order valence-corrected chi connectivity index (χ2v) is 7.99. The van der Waals surface area contributed by atoms with E-state index in [4.69, 9.17) is 16.3 Å². The first kappa shape index (κ1) is 22.3. The Morgan fingerprint density at radius 1 is 1.23 bits per heavy atom. The van der Waals surface area contributed by atoms with Crippen molar-refractivity contribution in [3.8, 4) is 0 Å². The van der Waals surface area contributed by atoms with Crippen molar-refractivity contribution in [1.29, 1.82) is 0 Å². The maximum absolute atomic E-state index is 13.0. The molecule has 0 fully saturated rings. The summed E-state index contributed by atoms with van der Waals surface area (Å²) < 4.78 is 7.02. The number of hydrogen-bond acceptors (Lipinski definition) is 5. The number of amides is 1. The first-order valence-corrected chi connectivity index (χ1v) is 11.2. The zero-order valence-corrected chi connectivity index (χ0v) is 18.3. The van der Waals surface area contributed by atoms with Crippen molar-refractivity contribution in [3.63, 3.8) is 0 Å². The first-order chi connectivity index (χ1) is 14.6. The Kier molecular flexibility index (Phi) is 8.30. The zero-order valence-electron chi connectivity index (χ0n) is 16.8. The quantitative estimate of drug-likeness (QED) is 0.291. The molecule has 0 radical (unpaired) electrons. The van der Waals surface area contributed by atoms with Crippen molar-refractivity contribution in [2.45, 2.75) is 31.6 Å². The second-order valence-electron chi connectivity index (χ2n) is 6.61. The van der Waals surface area contributed by atoms with E-state index in [2.05, 4.69) is 10.3 Å². The second kappa shape index (κ2) is 11.2. The smallest absolute Gasteiger partial charge is 0.262 e. The van der Waals surface area contributed by atoms with E-state index in [0.29, 0.717) is 53.8 Å². The van der Waals surface area contributed by atoms with Crippen molar-refractivity contribution in [2.75, 3.05) is 19.0 Å². The molecular formula is C22H24ClN3O3S. The van der Waals surface area contributed by atoms with E-state index in [9.17, 15) is 9.59 Å². The summed E-state index contributed by atoms with van der Waals surface area (Å²) in [6.07, 6.45) is 0.697. The van der Waals surface area contributed by atoms with Crippen molar-refractivity contribution in [2.24, 2.45) is 0 Å². The lowest BCUT2D eigenvalue weighted by Gasteiger charge is -2.13. The number of carbonyl (C=O) groups excluding carboxylic acids is 1. The van der Waals surface area contributed by atoms with Crippen LogP contribution in [0.3, 0.4) is 0 Å². The molecule has 158 valence electrons. The van der Waals surface area contributed by atoms with Crippen LogP contribution in [0.25, 0.3) is 10.9 Å². The summed E-state index contributed by atoms with van der Waals surface area (Å²) in [6.45, 7) is 4.03. The molecule has 0 aliphatic carbocycles. The Hall–Kier alpha value is -2.35. The number of nitrogens with zero attached hydrogens (tertiary/aromatic N) is 2. The highest BCUT2D eigenvalue weighted by molar-refractivity contribution is 7.99. The number of aromatic nitrogens is 2. The van der Waals surface area contributed by atoms with Crippen LogP contribution in [0.5, 0.6) is 0 Å². The summed E-state index contributed by atoms with van der Waals surface area (Å²) in [6, 6.07) is 14.6. The highest BCUT2D eigenvalue weighted by atomic mass is 35.5. The monoisotopic (exact) mass is 445 g/mol. The van der Waals surface area contributed by atoms with Gasteiger partial charge in [0.1, 0.15) is 0 Å². The van der Waals surface area contributed by atoms with Crippen LogP contribution >= 0.6 is 23.4 Å². The van der Waals surface area contributed by atoms with Crippen LogP contribution < -0.4 is 10.9 Å². The van der Waals surface area contributed by atoms with Crippen molar-refractivity contribution < 1.29 is 9.53 Å². The molecule has 0 saturated carbocycles. The van der Waals surface area contributed by atoms with Gasteiger partial charge in [-0.3, -0.25) is 14.2 Å². The van der Waals surface area contributed by atoms with Crippen molar-refractivity contribution >= 4 is 40.2 Å². The Labute approximate surface area is 184 Å². The van der Waals surface area contributed by atoms with Gasteiger partial charge < -0.3 is 10.1 Å². The lowest BCUT2D eigenvalue weighted by atomic mass is 10.2. The topological polar surface area (TPSA) is 73.2 Å². The Morgan fingerprint density at radius 3 is 2.87 bits per heavy atom. The number of benzene rings is 2. The van der Waals surface area contributed by atoms with Crippen LogP contribution in [0.4, 0.5) is 0 Å². The molecule has 0 bridgehead atoms. The highest BCUT2D eigenvalue weighted by Gasteiger charge is 2.13. The molecular weight excluding hydrogens is 422 g/mol. The Bertz CT molecular complexity index is 1070. The molecule has 8 heteroatoms. The molecule has 3 aromatic rings. The third-order valence-corrected chi connectivity index (χ3v) is 5.62. The minimum absolute atomic E-state index is 0.0982. The van der Waals surface area contributed by atoms with Gasteiger partial charge in [-0.15, -0.1) is 0 Å². The molecule has 2 aromatic carbocycles. The van der Waals surface area contributed by atoms with E-state index >= 15 is 0 Å². The van der Waals surface area contributed by atoms with Crippen LogP contribution in [-0.2, 0) is 22.6 Å². The van der Waals surface area contributed by atoms with Crippen LogP contribution in [0.1, 0.15) is 18.9 Å². The fourth-order valence-electron chi connectivity index (χ4n) is 2.95. The summed E-state index contributed by atoms with van der Waals surface area (Å²) >= 11 is 7.24. The molecule has 1 N–H and O–H groups in total. The summed E-state index contributed by atoms with van der Waals surface area (Å²) in [4.78, 5) is 29.9. The third kappa shape index (κ3) is 6.08. The minimum atomic E-state index is -0.136. The number of nitrogens with one attached hydrogen (secondary N) is 1. The van der Waals surface area contributed by atoms with E-state index in [-0.39, 0.29) is 17.2 Å². The predicted molar refractivity (Wildman–Crippen MR) is 121 cm³/mol. The molecule has 0 saturated heterocycles. The van der Waals surface area contributed by atoms with Gasteiger partial charge >= 0.3 is 0 Å². The number of para-hydroxylation sites is 1. The van der Waals surface area contributed by atoms with Gasteiger partial charge in [0.05, 0.1) is 16.7 Å². The molecule has 0 aliphatic rings. The highest BCUT2D eigenvalue weighted by Crippen LogP contribution is 2.18. The van der Waals surface area contributed by atoms with Crippen molar-refractivity contribution in [3.05, 3.63) is 69.5 Å². The number of rotatable bonds is 10. The molecule has 30 heavy (non-hydrogen) atoms. The van der Waals surface area contributed by atoms with Crippen LogP contribution in [0.15, 0.2) is 58.5 Å². The molecule has 0 atom stereocenters. The van der Waals surface area contributed by atoms with Gasteiger partial charge in [-0.1, -0.05) is 47.6 Å². The molecule has 0 unspecified atom stereocenters. The van der Waals surface area contributed by atoms with E-state index in [0.717, 1.165) is 5.56 Å². The molecule has 1 heterocycles. The zero-order chi connectivity index (χ0) is 21.3. The summed E-state index contributed by atoms with van der Waals surface area (Å²) in [5.41, 5.74) is 1.46. The van der Waals surface area contributed by atoms with Crippen LogP contribution in [0, 0.1) is 0 Å². The van der Waals surface area contributed by atoms with E-state index in [1.807, 2.05) is 43.3 Å². The van der Waals surface area contributed by atoms with E-state index in [1.54, 1.807) is 16.7 Å². The fraction of sp³-hybridized carbons (Fsp3) is 0.318. The third-order valence-electron chi connectivity index (χ3n) is 4.41. The van der Waals surface area contributed by atoms with Gasteiger partial charge in [-0.05, 0) is 43.2 Å². The summed E-state index contributed by atoms with van der Waals surface area (Å²) in [7, 11) is 0. The summed E-state index contributed by atoms with van der Waals surface area (Å²) in [5, 5.41) is 4.61. The van der Waals surface area contributed by atoms with Crippen molar-refractivity contribution in [1.82, 2.24) is 14.9 Å². The molecule has 0 spiro atoms. The number of halogens is 1. The number of thioether (sulfide) groups is 1. The first-order valence-electron chi connectivity index (χ1n) is 9.79. The number of carbonyl (C=O) groups is 1. The molecule has 1 aromatic heterocycles. The fourth-order valence-corrected chi connectivity index (χ4v) is 4.02. The number of ether oxygens (including phenoxy) is 1. The van der Waals surface area contributed by atoms with E-state index in [1.165, 1.54) is 11.8 Å². The number of hydrogen-bond donors (Lipinski definition) is 1. The van der Waals surface area contributed by atoms with Crippen LogP contribution in [-0.4, -0.2) is 34.4 Å². The van der Waals surface area contributed by atoms with Gasteiger partial charge in [0, 0.05) is 31.3 Å². The van der Waals surface area contributed by atoms with E-state index < -0.39 is 0 Å². The SMILES string of the molecule is CCOCCCn1c(SCC(=O)NCc2cccc(Cl)c2)nc2ccccc2c1=O.